The quantitative estimate of drug-likeness (QED) is 0.396. The molecule has 2 aromatic heterocycles. The topological polar surface area (TPSA) is 82.2 Å². The molecule has 2 heterocycles. The molecule has 0 unspecified atom stereocenters. The van der Waals surface area contributed by atoms with Gasteiger partial charge in [-0.15, -0.1) is 0 Å². The fourth-order valence-corrected chi connectivity index (χ4v) is 3.35. The first-order chi connectivity index (χ1) is 15.0. The van der Waals surface area contributed by atoms with E-state index in [9.17, 15) is 4.79 Å². The van der Waals surface area contributed by atoms with Gasteiger partial charge in [0, 0.05) is 11.9 Å². The number of rotatable bonds is 7. The van der Waals surface area contributed by atoms with E-state index in [1.807, 2.05) is 66.3 Å². The molecular weight excluding hydrogens is 460 g/mol. The minimum atomic E-state index is -0.344. The Hall–Kier alpha value is -3.39. The monoisotopic (exact) mass is 480 g/mol. The lowest BCUT2D eigenvalue weighted by Crippen LogP contribution is -2.15. The van der Waals surface area contributed by atoms with Crippen LogP contribution in [0.25, 0.3) is 0 Å². The maximum atomic E-state index is 12.8. The maximum absolute atomic E-state index is 12.8. The van der Waals surface area contributed by atoms with Gasteiger partial charge >= 0.3 is 0 Å². The summed E-state index contributed by atoms with van der Waals surface area (Å²) in [5.74, 6) is 0.929. The van der Waals surface area contributed by atoms with Crippen LogP contribution in [0, 0.1) is 13.8 Å². The number of aromatic nitrogens is 3. The van der Waals surface area contributed by atoms with Gasteiger partial charge in [-0.3, -0.25) is 9.48 Å². The third kappa shape index (κ3) is 5.21. The second-order valence-corrected chi connectivity index (χ2v) is 8.09. The van der Waals surface area contributed by atoms with E-state index in [0.29, 0.717) is 23.6 Å². The molecule has 4 aromatic rings. The number of carbonyl (C=O) groups is 1. The lowest BCUT2D eigenvalue weighted by Gasteiger charge is -2.08. The molecule has 0 spiro atoms. The molecule has 4 rings (SSSR count). The number of aryl methyl sites for hydroxylation is 2. The van der Waals surface area contributed by atoms with Crippen LogP contribution in [0.2, 0.25) is 0 Å². The van der Waals surface area contributed by atoms with Gasteiger partial charge < -0.3 is 14.6 Å². The fraction of sp³-hybridized carbons (Fsp3) is 0.174. The number of nitrogens with zero attached hydrogens (tertiary/aromatic N) is 3. The van der Waals surface area contributed by atoms with Gasteiger partial charge in [-0.1, -0.05) is 35.0 Å². The normalized spacial score (nSPS) is 10.8. The van der Waals surface area contributed by atoms with E-state index in [4.69, 9.17) is 9.26 Å². The van der Waals surface area contributed by atoms with Gasteiger partial charge in [-0.05, 0) is 59.6 Å². The van der Waals surface area contributed by atoms with E-state index in [2.05, 4.69) is 31.5 Å². The van der Waals surface area contributed by atoms with Gasteiger partial charge in [0.25, 0.3) is 5.91 Å². The molecule has 8 heteroatoms. The lowest BCUT2D eigenvalue weighted by atomic mass is 10.1. The van der Waals surface area contributed by atoms with Crippen molar-refractivity contribution in [2.75, 3.05) is 5.32 Å². The average molecular weight is 481 g/mol. The number of ether oxygens (including phenoxy) is 1. The van der Waals surface area contributed by atoms with E-state index >= 15 is 0 Å². The van der Waals surface area contributed by atoms with Crippen LogP contribution in [0.3, 0.4) is 0 Å². The Morgan fingerprint density at radius 2 is 1.87 bits per heavy atom. The van der Waals surface area contributed by atoms with Crippen molar-refractivity contribution in [3.05, 3.63) is 93.5 Å². The Kier molecular flexibility index (Phi) is 6.18. The summed E-state index contributed by atoms with van der Waals surface area (Å²) < 4.78 is 13.8. The molecule has 0 saturated carbocycles. The SMILES string of the molecule is Cc1ccc(OCc2c(C(=O)Nc3ccc(Cn4cc(Br)cn4)cc3)noc2C)cc1. The molecule has 0 aliphatic heterocycles. The third-order valence-electron chi connectivity index (χ3n) is 4.76. The van der Waals surface area contributed by atoms with Gasteiger partial charge in [0.2, 0.25) is 0 Å². The second kappa shape index (κ2) is 9.18. The van der Waals surface area contributed by atoms with Crippen LogP contribution >= 0.6 is 15.9 Å². The zero-order chi connectivity index (χ0) is 21.8. The van der Waals surface area contributed by atoms with E-state index in [1.165, 1.54) is 0 Å². The number of halogens is 1. The average Bonchev–Trinajstić information content (AvgIpc) is 3.34. The van der Waals surface area contributed by atoms with Crippen LogP contribution < -0.4 is 10.1 Å². The summed E-state index contributed by atoms with van der Waals surface area (Å²) in [6, 6.07) is 15.3. The van der Waals surface area contributed by atoms with Crippen LogP contribution in [0.5, 0.6) is 5.75 Å². The van der Waals surface area contributed by atoms with E-state index < -0.39 is 0 Å². The predicted octanol–water partition coefficient (Wildman–Crippen LogP) is 5.13. The number of hydrogen-bond acceptors (Lipinski definition) is 5. The van der Waals surface area contributed by atoms with Crippen LogP contribution in [0.4, 0.5) is 5.69 Å². The summed E-state index contributed by atoms with van der Waals surface area (Å²) in [5, 5.41) is 11.0. The maximum Gasteiger partial charge on any atom is 0.278 e. The van der Waals surface area contributed by atoms with Crippen molar-refractivity contribution >= 4 is 27.5 Å². The van der Waals surface area contributed by atoms with E-state index in [-0.39, 0.29) is 18.2 Å². The van der Waals surface area contributed by atoms with E-state index in [1.54, 1.807) is 13.1 Å². The molecule has 158 valence electrons. The van der Waals surface area contributed by atoms with Gasteiger partial charge in [0.05, 0.1) is 22.8 Å². The fourth-order valence-electron chi connectivity index (χ4n) is 3.03. The van der Waals surface area contributed by atoms with Crippen molar-refractivity contribution < 1.29 is 14.1 Å². The van der Waals surface area contributed by atoms with Crippen molar-refractivity contribution in [3.8, 4) is 5.75 Å². The summed E-state index contributed by atoms with van der Waals surface area (Å²) in [7, 11) is 0. The number of carbonyl (C=O) groups excluding carboxylic acids is 1. The second-order valence-electron chi connectivity index (χ2n) is 7.17. The number of hydrogen-bond donors (Lipinski definition) is 1. The summed E-state index contributed by atoms with van der Waals surface area (Å²) in [6.07, 6.45) is 3.65. The van der Waals surface area contributed by atoms with Gasteiger partial charge in [0.1, 0.15) is 18.1 Å². The first-order valence-corrected chi connectivity index (χ1v) is 10.5. The molecule has 0 atom stereocenters. The van der Waals surface area contributed by atoms with Crippen molar-refractivity contribution in [3.63, 3.8) is 0 Å². The standard InChI is InChI=1S/C23H21BrN4O3/c1-15-3-9-20(10-4-15)30-14-21-16(2)31-27-22(21)23(29)26-19-7-5-17(6-8-19)12-28-13-18(24)11-25-28/h3-11,13H,12,14H2,1-2H3,(H,26,29). The van der Waals surface area contributed by atoms with Gasteiger partial charge in [0.15, 0.2) is 5.69 Å². The summed E-state index contributed by atoms with van der Waals surface area (Å²) in [4.78, 5) is 12.8. The molecule has 0 saturated heterocycles. The molecule has 0 aliphatic carbocycles. The Morgan fingerprint density at radius 3 is 2.55 bits per heavy atom. The van der Waals surface area contributed by atoms with Crippen LogP contribution in [0.1, 0.15) is 32.9 Å². The highest BCUT2D eigenvalue weighted by molar-refractivity contribution is 9.10. The van der Waals surface area contributed by atoms with Gasteiger partial charge in [-0.2, -0.15) is 5.10 Å². The zero-order valence-electron chi connectivity index (χ0n) is 17.1. The first-order valence-electron chi connectivity index (χ1n) is 9.71. The molecule has 0 aliphatic rings. The molecule has 0 bridgehead atoms. The largest absolute Gasteiger partial charge is 0.489 e. The van der Waals surface area contributed by atoms with Crippen LogP contribution in [-0.2, 0) is 13.2 Å². The minimum absolute atomic E-state index is 0.194. The molecule has 2 aromatic carbocycles. The summed E-state index contributed by atoms with van der Waals surface area (Å²) >= 11 is 3.39. The summed E-state index contributed by atoms with van der Waals surface area (Å²) in [6.45, 7) is 4.61. The number of amides is 1. The highest BCUT2D eigenvalue weighted by Crippen LogP contribution is 2.20. The van der Waals surface area contributed by atoms with Crippen molar-refractivity contribution in [2.45, 2.75) is 27.0 Å². The number of benzene rings is 2. The van der Waals surface area contributed by atoms with Crippen molar-refractivity contribution in [2.24, 2.45) is 0 Å². The van der Waals surface area contributed by atoms with Gasteiger partial charge in [-0.25, -0.2) is 0 Å². The predicted molar refractivity (Wildman–Crippen MR) is 120 cm³/mol. The molecule has 1 amide bonds. The highest BCUT2D eigenvalue weighted by atomic mass is 79.9. The molecule has 31 heavy (non-hydrogen) atoms. The molecule has 0 fully saturated rings. The third-order valence-corrected chi connectivity index (χ3v) is 5.17. The van der Waals surface area contributed by atoms with Crippen molar-refractivity contribution in [1.82, 2.24) is 14.9 Å². The highest BCUT2D eigenvalue weighted by Gasteiger charge is 2.20. The molecule has 1 N–H and O–H groups in total. The Morgan fingerprint density at radius 1 is 1.13 bits per heavy atom. The number of anilines is 1. The first kappa shape index (κ1) is 20.9. The molecule has 0 radical (unpaired) electrons. The Labute approximate surface area is 188 Å². The summed E-state index contributed by atoms with van der Waals surface area (Å²) in [5.41, 5.74) is 3.73. The molecular formula is C23H21BrN4O3. The van der Waals surface area contributed by atoms with Crippen LogP contribution in [-0.4, -0.2) is 20.8 Å². The molecule has 7 nitrogen and oxygen atoms in total. The smallest absolute Gasteiger partial charge is 0.278 e. The lowest BCUT2D eigenvalue weighted by molar-refractivity contribution is 0.101. The zero-order valence-corrected chi connectivity index (χ0v) is 18.7. The van der Waals surface area contributed by atoms with Crippen LogP contribution in [0.15, 0.2) is 69.9 Å². The Balaban J connectivity index is 1.41. The minimum Gasteiger partial charge on any atom is -0.489 e. The Bertz CT molecular complexity index is 1180. The van der Waals surface area contributed by atoms with E-state index in [0.717, 1.165) is 21.3 Å². The number of nitrogens with one attached hydrogen (secondary N) is 1. The van der Waals surface area contributed by atoms with Crippen molar-refractivity contribution in [1.29, 1.82) is 0 Å².